The summed E-state index contributed by atoms with van der Waals surface area (Å²) in [5.41, 5.74) is 0.449. The minimum atomic E-state index is -0.117. The van der Waals surface area contributed by atoms with Gasteiger partial charge < -0.3 is 10.1 Å². The number of nitrogens with zero attached hydrogens (tertiary/aromatic N) is 1. The first-order valence-corrected chi connectivity index (χ1v) is 7.53. The molecule has 2 rings (SSSR count). The van der Waals surface area contributed by atoms with Crippen LogP contribution in [0.25, 0.3) is 0 Å². The zero-order chi connectivity index (χ0) is 15.2. The summed E-state index contributed by atoms with van der Waals surface area (Å²) in [6.45, 7) is 4.39. The Balaban J connectivity index is 1.86. The molecule has 0 bridgehead atoms. The fourth-order valence-electron chi connectivity index (χ4n) is 2.86. The Morgan fingerprint density at radius 2 is 2.14 bits per heavy atom. The van der Waals surface area contributed by atoms with Crippen molar-refractivity contribution < 1.29 is 9.53 Å². The first kappa shape index (κ1) is 15.4. The molecule has 1 aliphatic rings. The van der Waals surface area contributed by atoms with E-state index in [1.54, 1.807) is 24.3 Å². The molecule has 0 saturated heterocycles. The zero-order valence-corrected chi connectivity index (χ0v) is 12.6. The molecule has 0 unspecified atom stereocenters. The van der Waals surface area contributed by atoms with Crippen LogP contribution in [0.3, 0.4) is 0 Å². The molecule has 0 aliphatic heterocycles. The maximum absolute atomic E-state index is 12.0. The Morgan fingerprint density at radius 1 is 1.38 bits per heavy atom. The van der Waals surface area contributed by atoms with Crippen LogP contribution in [0.5, 0.6) is 5.75 Å². The van der Waals surface area contributed by atoms with Gasteiger partial charge in [0.1, 0.15) is 11.8 Å². The lowest BCUT2D eigenvalue weighted by molar-refractivity contribution is -0.124. The van der Waals surface area contributed by atoms with Crippen LogP contribution in [0.2, 0.25) is 0 Å². The van der Waals surface area contributed by atoms with Gasteiger partial charge in [0.25, 0.3) is 5.91 Å². The molecule has 0 spiro atoms. The summed E-state index contributed by atoms with van der Waals surface area (Å²) in [6.07, 6.45) is 3.43. The SMILES string of the molecule is C[C@H]1[C@H](C)CCC[C@H]1NC(=O)COc1ccccc1C#N. The Bertz CT molecular complexity index is 536. The highest BCUT2D eigenvalue weighted by Crippen LogP contribution is 2.29. The van der Waals surface area contributed by atoms with Gasteiger partial charge in [0, 0.05) is 6.04 Å². The smallest absolute Gasteiger partial charge is 0.258 e. The van der Waals surface area contributed by atoms with Crippen molar-refractivity contribution in [1.29, 1.82) is 5.26 Å². The summed E-state index contributed by atoms with van der Waals surface area (Å²) < 4.78 is 5.46. The number of benzene rings is 1. The third kappa shape index (κ3) is 3.98. The number of nitrogens with one attached hydrogen (secondary N) is 1. The average Bonchev–Trinajstić information content (AvgIpc) is 2.50. The Kier molecular flexibility index (Phi) is 5.21. The zero-order valence-electron chi connectivity index (χ0n) is 12.6. The number of carbonyl (C=O) groups is 1. The van der Waals surface area contributed by atoms with Gasteiger partial charge in [0.2, 0.25) is 0 Å². The molecular formula is C17H22N2O2. The number of amides is 1. The van der Waals surface area contributed by atoms with Crippen LogP contribution < -0.4 is 10.1 Å². The second kappa shape index (κ2) is 7.12. The molecule has 112 valence electrons. The molecule has 4 nitrogen and oxygen atoms in total. The van der Waals surface area contributed by atoms with Crippen molar-refractivity contribution in [3.63, 3.8) is 0 Å². The number of para-hydroxylation sites is 1. The van der Waals surface area contributed by atoms with Crippen LogP contribution in [0.4, 0.5) is 0 Å². The quantitative estimate of drug-likeness (QED) is 0.925. The van der Waals surface area contributed by atoms with Gasteiger partial charge in [0.05, 0.1) is 5.56 Å². The molecule has 1 fully saturated rings. The monoisotopic (exact) mass is 286 g/mol. The van der Waals surface area contributed by atoms with Gasteiger partial charge in [-0.05, 0) is 30.4 Å². The van der Waals surface area contributed by atoms with E-state index in [4.69, 9.17) is 10.00 Å². The fourth-order valence-corrected chi connectivity index (χ4v) is 2.86. The summed E-state index contributed by atoms with van der Waals surface area (Å²) in [6, 6.07) is 9.24. The molecule has 1 aromatic rings. The van der Waals surface area contributed by atoms with E-state index in [9.17, 15) is 4.79 Å². The van der Waals surface area contributed by atoms with Gasteiger partial charge in [-0.1, -0.05) is 38.8 Å². The number of hydrogen-bond donors (Lipinski definition) is 1. The molecule has 0 radical (unpaired) electrons. The maximum Gasteiger partial charge on any atom is 0.258 e. The summed E-state index contributed by atoms with van der Waals surface area (Å²) in [7, 11) is 0. The van der Waals surface area contributed by atoms with Crippen molar-refractivity contribution in [2.75, 3.05) is 6.61 Å². The van der Waals surface area contributed by atoms with Gasteiger partial charge in [-0.15, -0.1) is 0 Å². The molecule has 1 N–H and O–H groups in total. The standard InChI is InChI=1S/C17H22N2O2/c1-12-6-5-8-15(13(12)2)19-17(20)11-21-16-9-4-3-7-14(16)10-18/h3-4,7,9,12-13,15H,5-6,8,11H2,1-2H3,(H,19,20)/t12-,13+,15-/m1/s1. The number of rotatable bonds is 4. The van der Waals surface area contributed by atoms with Crippen molar-refractivity contribution in [3.05, 3.63) is 29.8 Å². The summed E-state index contributed by atoms with van der Waals surface area (Å²) in [5.74, 6) is 1.48. The van der Waals surface area contributed by atoms with E-state index in [1.165, 1.54) is 6.42 Å². The third-order valence-electron chi connectivity index (χ3n) is 4.42. The van der Waals surface area contributed by atoms with Gasteiger partial charge in [0.15, 0.2) is 6.61 Å². The van der Waals surface area contributed by atoms with Crippen LogP contribution in [-0.4, -0.2) is 18.6 Å². The van der Waals surface area contributed by atoms with E-state index in [1.807, 2.05) is 0 Å². The Hall–Kier alpha value is -2.02. The van der Waals surface area contributed by atoms with Crippen LogP contribution >= 0.6 is 0 Å². The van der Waals surface area contributed by atoms with E-state index in [0.29, 0.717) is 23.1 Å². The first-order chi connectivity index (χ1) is 10.1. The lowest BCUT2D eigenvalue weighted by Gasteiger charge is -2.34. The molecule has 0 heterocycles. The largest absolute Gasteiger partial charge is 0.482 e. The van der Waals surface area contributed by atoms with Crippen molar-refractivity contribution >= 4 is 5.91 Å². The summed E-state index contributed by atoms with van der Waals surface area (Å²) in [4.78, 5) is 12.0. The molecule has 1 aromatic carbocycles. The van der Waals surface area contributed by atoms with Gasteiger partial charge >= 0.3 is 0 Å². The Morgan fingerprint density at radius 3 is 2.90 bits per heavy atom. The van der Waals surface area contributed by atoms with Gasteiger partial charge in [-0.3, -0.25) is 4.79 Å². The predicted octanol–water partition coefficient (Wildman–Crippen LogP) is 2.88. The third-order valence-corrected chi connectivity index (χ3v) is 4.42. The van der Waals surface area contributed by atoms with Crippen molar-refractivity contribution in [2.45, 2.75) is 39.2 Å². The molecule has 1 saturated carbocycles. The maximum atomic E-state index is 12.0. The first-order valence-electron chi connectivity index (χ1n) is 7.53. The topological polar surface area (TPSA) is 62.1 Å². The lowest BCUT2D eigenvalue weighted by atomic mass is 9.78. The second-order valence-electron chi connectivity index (χ2n) is 5.84. The molecule has 1 amide bonds. The molecular weight excluding hydrogens is 264 g/mol. The normalized spacial score (nSPS) is 24.9. The fraction of sp³-hybridized carbons (Fsp3) is 0.529. The Labute approximate surface area is 126 Å². The number of hydrogen-bond acceptors (Lipinski definition) is 3. The van der Waals surface area contributed by atoms with Gasteiger partial charge in [-0.25, -0.2) is 0 Å². The van der Waals surface area contributed by atoms with E-state index in [-0.39, 0.29) is 18.6 Å². The minimum Gasteiger partial charge on any atom is -0.482 e. The molecule has 1 aliphatic carbocycles. The van der Waals surface area contributed by atoms with Gasteiger partial charge in [-0.2, -0.15) is 5.26 Å². The highest BCUT2D eigenvalue weighted by Gasteiger charge is 2.28. The van der Waals surface area contributed by atoms with Crippen molar-refractivity contribution in [2.24, 2.45) is 11.8 Å². The predicted molar refractivity (Wildman–Crippen MR) is 80.8 cm³/mol. The summed E-state index contributed by atoms with van der Waals surface area (Å²) in [5, 5.41) is 12.0. The molecule has 21 heavy (non-hydrogen) atoms. The second-order valence-corrected chi connectivity index (χ2v) is 5.84. The van der Waals surface area contributed by atoms with Crippen LogP contribution in [0.1, 0.15) is 38.7 Å². The van der Waals surface area contributed by atoms with E-state index in [0.717, 1.165) is 12.8 Å². The average molecular weight is 286 g/mol. The molecule has 4 heteroatoms. The van der Waals surface area contributed by atoms with Crippen LogP contribution in [-0.2, 0) is 4.79 Å². The highest BCUT2D eigenvalue weighted by atomic mass is 16.5. The summed E-state index contributed by atoms with van der Waals surface area (Å²) >= 11 is 0. The van der Waals surface area contributed by atoms with Crippen LogP contribution in [0, 0.1) is 23.2 Å². The van der Waals surface area contributed by atoms with E-state index in [2.05, 4.69) is 25.2 Å². The van der Waals surface area contributed by atoms with Crippen molar-refractivity contribution in [1.82, 2.24) is 5.32 Å². The number of ether oxygens (including phenoxy) is 1. The van der Waals surface area contributed by atoms with Crippen molar-refractivity contribution in [3.8, 4) is 11.8 Å². The molecule has 0 aromatic heterocycles. The number of nitriles is 1. The van der Waals surface area contributed by atoms with E-state index < -0.39 is 0 Å². The van der Waals surface area contributed by atoms with E-state index >= 15 is 0 Å². The highest BCUT2D eigenvalue weighted by molar-refractivity contribution is 5.78. The van der Waals surface area contributed by atoms with Crippen LogP contribution in [0.15, 0.2) is 24.3 Å². The minimum absolute atomic E-state index is 0.0453. The molecule has 3 atom stereocenters. The lowest BCUT2D eigenvalue weighted by Crippen LogP contribution is -2.45. The number of carbonyl (C=O) groups excluding carboxylic acids is 1.